The van der Waals surface area contributed by atoms with Crippen molar-refractivity contribution in [3.8, 4) is 11.3 Å². The summed E-state index contributed by atoms with van der Waals surface area (Å²) in [6.45, 7) is 0. The molecule has 0 fully saturated rings. The van der Waals surface area contributed by atoms with E-state index in [0.29, 0.717) is 5.69 Å². The zero-order valence-electron chi connectivity index (χ0n) is 9.41. The van der Waals surface area contributed by atoms with E-state index in [1.165, 1.54) is 7.11 Å². The molecule has 0 unspecified atom stereocenters. The van der Waals surface area contributed by atoms with Crippen LogP contribution in [-0.2, 0) is 11.8 Å². The summed E-state index contributed by atoms with van der Waals surface area (Å²) in [4.78, 5) is 19.2. The summed E-state index contributed by atoms with van der Waals surface area (Å²) in [5.41, 5.74) is 6.90. The summed E-state index contributed by atoms with van der Waals surface area (Å²) in [5, 5.41) is 4.02. The second-order valence-corrected chi connectivity index (χ2v) is 3.40. The van der Waals surface area contributed by atoms with Crippen LogP contribution >= 0.6 is 0 Å². The van der Waals surface area contributed by atoms with Gasteiger partial charge in [-0.15, -0.1) is 0 Å². The van der Waals surface area contributed by atoms with Gasteiger partial charge in [-0.25, -0.2) is 14.8 Å². The van der Waals surface area contributed by atoms with Gasteiger partial charge >= 0.3 is 5.97 Å². The zero-order chi connectivity index (χ0) is 12.4. The average Bonchev–Trinajstić information content (AvgIpc) is 2.74. The molecule has 0 amide bonds. The van der Waals surface area contributed by atoms with Crippen LogP contribution in [0.25, 0.3) is 11.3 Å². The maximum absolute atomic E-state index is 11.3. The number of methoxy groups -OCH3 is 1. The van der Waals surface area contributed by atoms with Crippen molar-refractivity contribution in [2.75, 3.05) is 12.8 Å². The predicted molar refractivity (Wildman–Crippen MR) is 60.0 cm³/mol. The molecule has 2 heterocycles. The molecule has 7 heteroatoms. The summed E-state index contributed by atoms with van der Waals surface area (Å²) in [6.07, 6.45) is 3.39. The first-order valence-electron chi connectivity index (χ1n) is 4.82. The SMILES string of the molecule is COC(=O)c1nc(N)cc(-c2cnn(C)c2)n1. The van der Waals surface area contributed by atoms with Gasteiger partial charge in [-0.2, -0.15) is 5.10 Å². The molecule has 2 N–H and O–H groups in total. The van der Waals surface area contributed by atoms with Gasteiger partial charge < -0.3 is 10.5 Å². The number of carbonyl (C=O) groups is 1. The lowest BCUT2D eigenvalue weighted by atomic mass is 10.2. The molecule has 2 aromatic heterocycles. The third kappa shape index (κ3) is 2.22. The maximum Gasteiger partial charge on any atom is 0.376 e. The van der Waals surface area contributed by atoms with E-state index in [4.69, 9.17) is 5.73 Å². The number of anilines is 1. The second kappa shape index (κ2) is 4.20. The minimum Gasteiger partial charge on any atom is -0.463 e. The van der Waals surface area contributed by atoms with Gasteiger partial charge in [0.15, 0.2) is 0 Å². The Morgan fingerprint density at radius 1 is 1.47 bits per heavy atom. The molecule has 0 spiro atoms. The van der Waals surface area contributed by atoms with E-state index in [9.17, 15) is 4.79 Å². The highest BCUT2D eigenvalue weighted by atomic mass is 16.5. The van der Waals surface area contributed by atoms with E-state index in [2.05, 4.69) is 19.8 Å². The fourth-order valence-electron chi connectivity index (χ4n) is 1.35. The molecule has 0 saturated heterocycles. The standard InChI is InChI=1S/C10H11N5O2/c1-15-5-6(4-12-15)7-3-8(11)14-9(13-7)10(16)17-2/h3-5H,1-2H3,(H2,11,13,14). The molecule has 0 bridgehead atoms. The summed E-state index contributed by atoms with van der Waals surface area (Å²) in [5.74, 6) is -0.479. The summed E-state index contributed by atoms with van der Waals surface area (Å²) >= 11 is 0. The Morgan fingerprint density at radius 2 is 2.24 bits per heavy atom. The zero-order valence-corrected chi connectivity index (χ0v) is 9.41. The Morgan fingerprint density at radius 3 is 2.82 bits per heavy atom. The quantitative estimate of drug-likeness (QED) is 0.747. The van der Waals surface area contributed by atoms with Gasteiger partial charge in [-0.1, -0.05) is 0 Å². The fraction of sp³-hybridized carbons (Fsp3) is 0.200. The lowest BCUT2D eigenvalue weighted by Gasteiger charge is -2.02. The molecule has 0 aromatic carbocycles. The van der Waals surface area contributed by atoms with Crippen LogP contribution in [-0.4, -0.2) is 32.8 Å². The highest BCUT2D eigenvalue weighted by molar-refractivity contribution is 5.86. The molecule has 0 atom stereocenters. The molecule has 2 aromatic rings. The Bertz CT molecular complexity index is 564. The average molecular weight is 233 g/mol. The lowest BCUT2D eigenvalue weighted by Crippen LogP contribution is -2.09. The Hall–Kier alpha value is -2.44. The molecule has 0 aliphatic heterocycles. The van der Waals surface area contributed by atoms with E-state index in [1.807, 2.05) is 0 Å². The molecule has 7 nitrogen and oxygen atoms in total. The highest BCUT2D eigenvalue weighted by Crippen LogP contribution is 2.17. The predicted octanol–water partition coefficient (Wildman–Crippen LogP) is 0.246. The number of nitrogens with two attached hydrogens (primary N) is 1. The van der Waals surface area contributed by atoms with Gasteiger partial charge in [0.2, 0.25) is 5.82 Å². The summed E-state index contributed by atoms with van der Waals surface area (Å²) < 4.78 is 6.18. The lowest BCUT2D eigenvalue weighted by molar-refractivity contribution is 0.0587. The van der Waals surface area contributed by atoms with Crippen molar-refractivity contribution in [2.45, 2.75) is 0 Å². The Balaban J connectivity index is 2.48. The van der Waals surface area contributed by atoms with Crippen molar-refractivity contribution in [1.29, 1.82) is 0 Å². The molecule has 88 valence electrons. The molecular weight excluding hydrogens is 222 g/mol. The monoisotopic (exact) mass is 233 g/mol. The minimum atomic E-state index is -0.623. The van der Waals surface area contributed by atoms with Crippen molar-refractivity contribution in [3.05, 3.63) is 24.3 Å². The maximum atomic E-state index is 11.3. The number of hydrogen-bond acceptors (Lipinski definition) is 6. The van der Waals surface area contributed by atoms with Crippen LogP contribution in [0.1, 0.15) is 10.6 Å². The first-order valence-corrected chi connectivity index (χ1v) is 4.82. The molecule has 17 heavy (non-hydrogen) atoms. The first kappa shape index (κ1) is 11.1. The van der Waals surface area contributed by atoms with Gasteiger partial charge in [0.05, 0.1) is 19.0 Å². The van der Waals surface area contributed by atoms with Crippen molar-refractivity contribution in [1.82, 2.24) is 19.7 Å². The number of ether oxygens (including phenoxy) is 1. The van der Waals surface area contributed by atoms with E-state index in [0.717, 1.165) is 5.56 Å². The van der Waals surface area contributed by atoms with Gasteiger partial charge in [0, 0.05) is 24.9 Å². The molecule has 0 aliphatic carbocycles. The second-order valence-electron chi connectivity index (χ2n) is 3.40. The van der Waals surface area contributed by atoms with Crippen LogP contribution in [0, 0.1) is 0 Å². The van der Waals surface area contributed by atoms with Crippen LogP contribution in [0.3, 0.4) is 0 Å². The van der Waals surface area contributed by atoms with Crippen LogP contribution in [0.2, 0.25) is 0 Å². The van der Waals surface area contributed by atoms with Gasteiger partial charge in [0.1, 0.15) is 5.82 Å². The number of aromatic nitrogens is 4. The third-order valence-corrected chi connectivity index (χ3v) is 2.11. The topological polar surface area (TPSA) is 95.9 Å². The van der Waals surface area contributed by atoms with Crippen LogP contribution < -0.4 is 5.73 Å². The summed E-state index contributed by atoms with van der Waals surface area (Å²) in [6, 6.07) is 1.57. The number of nitrogen functional groups attached to an aromatic ring is 1. The number of hydrogen-bond donors (Lipinski definition) is 1. The van der Waals surface area contributed by atoms with E-state index < -0.39 is 5.97 Å². The van der Waals surface area contributed by atoms with Gasteiger partial charge in [-0.05, 0) is 0 Å². The Kier molecular flexibility index (Phi) is 2.73. The van der Waals surface area contributed by atoms with Crippen molar-refractivity contribution < 1.29 is 9.53 Å². The first-order chi connectivity index (χ1) is 8.10. The minimum absolute atomic E-state index is 0.0636. The van der Waals surface area contributed by atoms with Crippen LogP contribution in [0.4, 0.5) is 5.82 Å². The van der Waals surface area contributed by atoms with Crippen LogP contribution in [0.5, 0.6) is 0 Å². The number of nitrogens with zero attached hydrogens (tertiary/aromatic N) is 4. The number of aryl methyl sites for hydroxylation is 1. The third-order valence-electron chi connectivity index (χ3n) is 2.11. The van der Waals surface area contributed by atoms with Crippen molar-refractivity contribution in [3.63, 3.8) is 0 Å². The normalized spacial score (nSPS) is 10.2. The van der Waals surface area contributed by atoms with E-state index in [1.54, 1.807) is 30.2 Å². The highest BCUT2D eigenvalue weighted by Gasteiger charge is 2.13. The number of esters is 1. The van der Waals surface area contributed by atoms with Gasteiger partial charge in [0.25, 0.3) is 0 Å². The summed E-state index contributed by atoms with van der Waals surface area (Å²) in [7, 11) is 3.05. The molecular formula is C10H11N5O2. The molecule has 0 saturated carbocycles. The van der Waals surface area contributed by atoms with Crippen molar-refractivity contribution in [2.24, 2.45) is 7.05 Å². The van der Waals surface area contributed by atoms with E-state index >= 15 is 0 Å². The molecule has 0 radical (unpaired) electrons. The largest absolute Gasteiger partial charge is 0.463 e. The van der Waals surface area contributed by atoms with Gasteiger partial charge in [-0.3, -0.25) is 4.68 Å². The van der Waals surface area contributed by atoms with E-state index in [-0.39, 0.29) is 11.6 Å². The Labute approximate surface area is 97.2 Å². The number of carbonyl (C=O) groups excluding carboxylic acids is 1. The smallest absolute Gasteiger partial charge is 0.376 e. The molecule has 0 aliphatic rings. The number of rotatable bonds is 2. The molecule has 2 rings (SSSR count). The van der Waals surface area contributed by atoms with Crippen LogP contribution in [0.15, 0.2) is 18.5 Å². The fourth-order valence-corrected chi connectivity index (χ4v) is 1.35. The van der Waals surface area contributed by atoms with Crippen molar-refractivity contribution >= 4 is 11.8 Å².